The Balaban J connectivity index is 1.94. The summed E-state index contributed by atoms with van der Waals surface area (Å²) in [5.74, 6) is -1.59. The molecule has 0 unspecified atom stereocenters. The molecule has 2 aromatic carbocycles. The maximum atomic E-state index is 14.0. The first-order valence-corrected chi connectivity index (χ1v) is 9.01. The lowest BCUT2D eigenvalue weighted by atomic mass is 10.2. The Labute approximate surface area is 167 Å². The minimum Gasteiger partial charge on any atom is -0.385 e. The van der Waals surface area contributed by atoms with Crippen LogP contribution in [0.4, 0.5) is 20.3 Å². The molecule has 0 fully saturated rings. The van der Waals surface area contributed by atoms with E-state index in [1.165, 1.54) is 12.1 Å². The number of nitrogens with one attached hydrogen (secondary N) is 2. The highest BCUT2D eigenvalue weighted by Crippen LogP contribution is 2.24. The third-order valence-corrected chi connectivity index (χ3v) is 4.02. The second-order valence-electron chi connectivity index (χ2n) is 6.15. The van der Waals surface area contributed by atoms with Crippen LogP contribution in [0, 0.1) is 11.6 Å². The normalized spacial score (nSPS) is 10.6. The molecular weight excluding hydrogens is 378 g/mol. The Morgan fingerprint density at radius 3 is 2.45 bits per heavy atom. The lowest BCUT2D eigenvalue weighted by Crippen LogP contribution is -2.26. The maximum absolute atomic E-state index is 14.0. The van der Waals surface area contributed by atoms with Crippen LogP contribution in [0.25, 0.3) is 11.4 Å². The highest BCUT2D eigenvalue weighted by Gasteiger charge is 2.15. The molecule has 0 atom stereocenters. The van der Waals surface area contributed by atoms with Crippen LogP contribution < -0.4 is 10.6 Å². The minimum atomic E-state index is -0.768. The smallest absolute Gasteiger partial charge is 0.270 e. The zero-order chi connectivity index (χ0) is 20.6. The number of para-hydroxylation sites is 1. The molecule has 1 heterocycles. The molecule has 8 heteroatoms. The lowest BCUT2D eigenvalue weighted by molar-refractivity contribution is 0.0943. The van der Waals surface area contributed by atoms with Gasteiger partial charge in [-0.2, -0.15) is 0 Å². The molecule has 0 aliphatic rings. The second kappa shape index (κ2) is 9.70. The van der Waals surface area contributed by atoms with E-state index in [0.717, 1.165) is 12.1 Å². The number of anilines is 2. The van der Waals surface area contributed by atoms with Gasteiger partial charge < -0.3 is 15.4 Å². The predicted octanol–water partition coefficient (Wildman–Crippen LogP) is 3.93. The van der Waals surface area contributed by atoms with Crippen LogP contribution in [0.2, 0.25) is 0 Å². The number of benzene rings is 2. The first-order valence-electron chi connectivity index (χ1n) is 9.01. The van der Waals surface area contributed by atoms with E-state index in [0.29, 0.717) is 25.1 Å². The standard InChI is InChI=1S/C21H20F2N4O2/c1-29-12-6-11-24-21(28)17-13-18(26-19-15(22)9-5-10-16(19)23)27-20(25-17)14-7-3-2-4-8-14/h2-5,7-10,13H,6,11-12H2,1H3,(H,24,28)(H,25,26,27). The summed E-state index contributed by atoms with van der Waals surface area (Å²) in [6, 6.07) is 13.9. The molecule has 0 radical (unpaired) electrons. The molecule has 0 saturated carbocycles. The second-order valence-corrected chi connectivity index (χ2v) is 6.15. The SMILES string of the molecule is COCCCNC(=O)c1cc(Nc2c(F)cccc2F)nc(-c2ccccc2)n1. The highest BCUT2D eigenvalue weighted by molar-refractivity contribution is 5.93. The summed E-state index contributed by atoms with van der Waals surface area (Å²) in [4.78, 5) is 21.1. The molecular formula is C21H20F2N4O2. The van der Waals surface area contributed by atoms with E-state index in [2.05, 4.69) is 20.6 Å². The van der Waals surface area contributed by atoms with E-state index in [9.17, 15) is 13.6 Å². The van der Waals surface area contributed by atoms with Crippen molar-refractivity contribution in [3.8, 4) is 11.4 Å². The number of hydrogen-bond donors (Lipinski definition) is 2. The number of hydrogen-bond acceptors (Lipinski definition) is 5. The minimum absolute atomic E-state index is 0.0792. The molecule has 150 valence electrons. The quantitative estimate of drug-likeness (QED) is 0.563. The van der Waals surface area contributed by atoms with E-state index in [1.54, 1.807) is 31.4 Å². The molecule has 3 aromatic rings. The number of halogens is 2. The Morgan fingerprint density at radius 2 is 1.76 bits per heavy atom. The average molecular weight is 398 g/mol. The summed E-state index contributed by atoms with van der Waals surface area (Å²) < 4.78 is 33.0. The van der Waals surface area contributed by atoms with Crippen molar-refractivity contribution in [2.45, 2.75) is 6.42 Å². The van der Waals surface area contributed by atoms with E-state index >= 15 is 0 Å². The molecule has 6 nitrogen and oxygen atoms in total. The fourth-order valence-electron chi connectivity index (χ4n) is 2.60. The van der Waals surface area contributed by atoms with Gasteiger partial charge in [-0.3, -0.25) is 4.79 Å². The topological polar surface area (TPSA) is 76.1 Å². The van der Waals surface area contributed by atoms with E-state index < -0.39 is 17.5 Å². The van der Waals surface area contributed by atoms with Gasteiger partial charge in [0.25, 0.3) is 5.91 Å². The predicted molar refractivity (Wildman–Crippen MR) is 106 cm³/mol. The monoisotopic (exact) mass is 398 g/mol. The van der Waals surface area contributed by atoms with Gasteiger partial charge >= 0.3 is 0 Å². The van der Waals surface area contributed by atoms with Crippen molar-refractivity contribution in [3.05, 3.63) is 71.9 Å². The van der Waals surface area contributed by atoms with Gasteiger partial charge in [-0.15, -0.1) is 0 Å². The largest absolute Gasteiger partial charge is 0.385 e. The first kappa shape index (κ1) is 20.3. The van der Waals surface area contributed by atoms with Crippen LogP contribution in [-0.2, 0) is 4.74 Å². The van der Waals surface area contributed by atoms with Gasteiger partial charge in [-0.05, 0) is 18.6 Å². The fraction of sp³-hybridized carbons (Fsp3) is 0.190. The molecule has 29 heavy (non-hydrogen) atoms. The average Bonchev–Trinajstić information content (AvgIpc) is 2.74. The van der Waals surface area contributed by atoms with Crippen molar-refractivity contribution in [1.82, 2.24) is 15.3 Å². The zero-order valence-electron chi connectivity index (χ0n) is 15.8. The summed E-state index contributed by atoms with van der Waals surface area (Å²) in [7, 11) is 1.58. The molecule has 2 N–H and O–H groups in total. The Morgan fingerprint density at radius 1 is 1.03 bits per heavy atom. The molecule has 3 rings (SSSR count). The van der Waals surface area contributed by atoms with E-state index in [-0.39, 0.29) is 23.0 Å². The van der Waals surface area contributed by atoms with Crippen LogP contribution >= 0.6 is 0 Å². The third kappa shape index (κ3) is 5.32. The van der Waals surface area contributed by atoms with Crippen molar-refractivity contribution in [2.75, 3.05) is 25.6 Å². The molecule has 0 aliphatic carbocycles. The third-order valence-electron chi connectivity index (χ3n) is 4.02. The van der Waals surface area contributed by atoms with Crippen molar-refractivity contribution in [3.63, 3.8) is 0 Å². The summed E-state index contributed by atoms with van der Waals surface area (Å²) in [6.45, 7) is 0.917. The molecule has 0 spiro atoms. The molecule has 0 bridgehead atoms. The zero-order valence-corrected chi connectivity index (χ0v) is 15.8. The van der Waals surface area contributed by atoms with Crippen molar-refractivity contribution in [1.29, 1.82) is 0 Å². The number of aromatic nitrogens is 2. The number of carbonyl (C=O) groups is 1. The summed E-state index contributed by atoms with van der Waals surface area (Å²) >= 11 is 0. The Kier molecular flexibility index (Phi) is 6.80. The van der Waals surface area contributed by atoms with Crippen LogP contribution in [0.15, 0.2) is 54.6 Å². The van der Waals surface area contributed by atoms with Gasteiger partial charge in [0.15, 0.2) is 5.82 Å². The van der Waals surface area contributed by atoms with Gasteiger partial charge in [0.1, 0.15) is 28.8 Å². The van der Waals surface area contributed by atoms with E-state index in [4.69, 9.17) is 4.74 Å². The number of amides is 1. The van der Waals surface area contributed by atoms with E-state index in [1.807, 2.05) is 6.07 Å². The van der Waals surface area contributed by atoms with Crippen LogP contribution in [0.5, 0.6) is 0 Å². The summed E-state index contributed by atoms with van der Waals surface area (Å²) in [5.41, 5.74) is 0.394. The van der Waals surface area contributed by atoms with Crippen molar-refractivity contribution < 1.29 is 18.3 Å². The van der Waals surface area contributed by atoms with Gasteiger partial charge in [0, 0.05) is 31.9 Å². The van der Waals surface area contributed by atoms with Crippen LogP contribution in [-0.4, -0.2) is 36.1 Å². The van der Waals surface area contributed by atoms with Crippen LogP contribution in [0.1, 0.15) is 16.9 Å². The highest BCUT2D eigenvalue weighted by atomic mass is 19.1. The van der Waals surface area contributed by atoms with Crippen molar-refractivity contribution in [2.24, 2.45) is 0 Å². The molecule has 1 aromatic heterocycles. The fourth-order valence-corrected chi connectivity index (χ4v) is 2.60. The number of methoxy groups -OCH3 is 1. The Hall–Kier alpha value is -3.39. The number of rotatable bonds is 8. The van der Waals surface area contributed by atoms with Gasteiger partial charge in [0.2, 0.25) is 0 Å². The summed E-state index contributed by atoms with van der Waals surface area (Å²) in [5, 5.41) is 5.36. The maximum Gasteiger partial charge on any atom is 0.270 e. The van der Waals surface area contributed by atoms with Crippen LogP contribution in [0.3, 0.4) is 0 Å². The van der Waals surface area contributed by atoms with Gasteiger partial charge in [0.05, 0.1) is 0 Å². The Bertz CT molecular complexity index is 963. The van der Waals surface area contributed by atoms with Gasteiger partial charge in [-0.25, -0.2) is 18.7 Å². The molecule has 1 amide bonds. The number of carbonyl (C=O) groups excluding carboxylic acids is 1. The number of ether oxygens (including phenoxy) is 1. The first-order chi connectivity index (χ1) is 14.1. The number of nitrogens with zero attached hydrogens (tertiary/aromatic N) is 2. The lowest BCUT2D eigenvalue weighted by Gasteiger charge is -2.12. The van der Waals surface area contributed by atoms with Crippen molar-refractivity contribution >= 4 is 17.4 Å². The summed E-state index contributed by atoms with van der Waals surface area (Å²) in [6.07, 6.45) is 0.643. The molecule has 0 aliphatic heterocycles. The van der Waals surface area contributed by atoms with Gasteiger partial charge in [-0.1, -0.05) is 36.4 Å². The molecule has 0 saturated heterocycles.